The molecule has 0 fully saturated rings. The Kier molecular flexibility index (Phi) is 7.83. The molecule has 12 heteroatoms. The van der Waals surface area contributed by atoms with Gasteiger partial charge in [0.1, 0.15) is 6.10 Å². The van der Waals surface area contributed by atoms with Crippen molar-refractivity contribution >= 4 is 49.1 Å². The van der Waals surface area contributed by atoms with Crippen LogP contribution in [0.1, 0.15) is 34.0 Å². The minimum atomic E-state index is -3.49. The van der Waals surface area contributed by atoms with E-state index in [1.54, 1.807) is 30.0 Å². The zero-order chi connectivity index (χ0) is 26.9. The topological polar surface area (TPSA) is 129 Å². The van der Waals surface area contributed by atoms with Crippen LogP contribution in [-0.4, -0.2) is 84.7 Å². The lowest BCUT2D eigenvalue weighted by Crippen LogP contribution is -2.50. The number of aromatic nitrogens is 1. The lowest BCUT2D eigenvalue weighted by Gasteiger charge is -2.38. The van der Waals surface area contributed by atoms with Crippen molar-refractivity contribution in [2.75, 3.05) is 38.3 Å². The van der Waals surface area contributed by atoms with E-state index in [4.69, 9.17) is 4.74 Å². The van der Waals surface area contributed by atoms with Gasteiger partial charge < -0.3 is 20.1 Å². The summed E-state index contributed by atoms with van der Waals surface area (Å²) in [5.74, 6) is -0.945. The van der Waals surface area contributed by atoms with Crippen LogP contribution in [0.5, 0.6) is 5.75 Å². The molecule has 2 amide bonds. The van der Waals surface area contributed by atoms with Crippen molar-refractivity contribution in [3.8, 4) is 5.75 Å². The number of ether oxygens (including phenoxy) is 1. The molecular formula is C25H30N4O6S2. The molecule has 3 aromatic rings. The van der Waals surface area contributed by atoms with Crippen molar-refractivity contribution in [1.29, 1.82) is 0 Å². The smallest absolute Gasteiger partial charge is 0.284 e. The third kappa shape index (κ3) is 5.77. The summed E-state index contributed by atoms with van der Waals surface area (Å²) >= 11 is 1.25. The number of rotatable bonds is 7. The summed E-state index contributed by atoms with van der Waals surface area (Å²) in [6, 6.07) is 11.8. The van der Waals surface area contributed by atoms with Crippen LogP contribution >= 0.6 is 11.3 Å². The number of nitrogens with one attached hydrogen (secondary N) is 1. The van der Waals surface area contributed by atoms with E-state index in [0.29, 0.717) is 5.52 Å². The van der Waals surface area contributed by atoms with E-state index in [0.717, 1.165) is 11.0 Å². The van der Waals surface area contributed by atoms with Crippen LogP contribution < -0.4 is 10.1 Å². The van der Waals surface area contributed by atoms with Gasteiger partial charge in [0.2, 0.25) is 10.0 Å². The van der Waals surface area contributed by atoms with Gasteiger partial charge in [-0.2, -0.15) is 0 Å². The number of amides is 2. The van der Waals surface area contributed by atoms with Gasteiger partial charge >= 0.3 is 0 Å². The molecular weight excluding hydrogens is 516 g/mol. The highest BCUT2D eigenvalue weighted by atomic mass is 32.2. The number of aliphatic hydroxyl groups excluding tert-OH is 1. The van der Waals surface area contributed by atoms with Crippen molar-refractivity contribution in [3.63, 3.8) is 0 Å². The third-order valence-corrected chi connectivity index (χ3v) is 8.75. The summed E-state index contributed by atoms with van der Waals surface area (Å²) in [6.07, 6.45) is 0.474. The molecule has 1 aromatic heterocycles. The maximum Gasteiger partial charge on any atom is 0.284 e. The third-order valence-electron chi connectivity index (χ3n) is 6.43. The second-order valence-corrected chi connectivity index (χ2v) is 12.4. The predicted molar refractivity (Wildman–Crippen MR) is 143 cm³/mol. The Bertz CT molecular complexity index is 1390. The van der Waals surface area contributed by atoms with Gasteiger partial charge in [-0.1, -0.05) is 25.1 Å². The first-order valence-electron chi connectivity index (χ1n) is 11.8. The average molecular weight is 547 g/mol. The molecule has 1 aliphatic heterocycles. The van der Waals surface area contributed by atoms with Crippen molar-refractivity contribution in [3.05, 3.63) is 53.0 Å². The fourth-order valence-electron chi connectivity index (χ4n) is 4.09. The van der Waals surface area contributed by atoms with Gasteiger partial charge in [0.25, 0.3) is 11.8 Å². The maximum atomic E-state index is 13.6. The number of likely N-dealkylation sites (N-methyl/N-ethyl adjacent to an activating group) is 1. The molecule has 0 saturated heterocycles. The first-order chi connectivity index (χ1) is 17.5. The van der Waals surface area contributed by atoms with Gasteiger partial charge in [-0.15, -0.1) is 11.3 Å². The summed E-state index contributed by atoms with van der Waals surface area (Å²) in [5.41, 5.74) is 1.19. The Balaban J connectivity index is 1.74. The summed E-state index contributed by atoms with van der Waals surface area (Å²) < 4.78 is 32.7. The summed E-state index contributed by atoms with van der Waals surface area (Å²) in [4.78, 5) is 32.7. The van der Waals surface area contributed by atoms with E-state index in [1.165, 1.54) is 22.7 Å². The van der Waals surface area contributed by atoms with Gasteiger partial charge in [0, 0.05) is 19.5 Å². The van der Waals surface area contributed by atoms with E-state index in [2.05, 4.69) is 10.3 Å². The fraction of sp³-hybridized carbons (Fsp3) is 0.400. The fourth-order valence-corrected chi connectivity index (χ4v) is 5.37. The molecule has 10 nitrogen and oxygen atoms in total. The van der Waals surface area contributed by atoms with Crippen LogP contribution in [0.3, 0.4) is 0 Å². The Hall–Kier alpha value is -3.06. The number of nitrogens with zero attached hydrogens (tertiary/aromatic N) is 3. The number of sulfonamides is 1. The molecule has 0 bridgehead atoms. The molecule has 3 atom stereocenters. The number of fused-ring (bicyclic) bond motifs is 2. The van der Waals surface area contributed by atoms with Crippen molar-refractivity contribution in [2.45, 2.75) is 26.0 Å². The number of benzene rings is 2. The molecule has 2 N–H and O–H groups in total. The second kappa shape index (κ2) is 10.7. The maximum absolute atomic E-state index is 13.6. The number of hydrogen-bond donors (Lipinski definition) is 2. The van der Waals surface area contributed by atoms with E-state index in [-0.39, 0.29) is 53.5 Å². The monoisotopic (exact) mass is 546 g/mol. The number of carbonyl (C=O) groups is 2. The summed E-state index contributed by atoms with van der Waals surface area (Å²) in [7, 11) is -2.03. The second-order valence-electron chi connectivity index (χ2n) is 9.29. The normalized spacial score (nSPS) is 19.2. The molecule has 2 heterocycles. The first-order valence-corrected chi connectivity index (χ1v) is 14.5. The predicted octanol–water partition coefficient (Wildman–Crippen LogP) is 2.66. The van der Waals surface area contributed by atoms with Gasteiger partial charge in [0.05, 0.1) is 46.9 Å². The number of thiazole rings is 1. The van der Waals surface area contributed by atoms with E-state index in [1.807, 2.05) is 31.2 Å². The number of para-hydroxylation sites is 2. The standard InChI is InChI=1S/C25H30N4O6S2/c1-15-12-29(16(2)14-30)25(32)17-8-7-10-19(22(17)35-20(15)13-28(3)37(4,33)34)26-23(31)24-27-18-9-5-6-11-21(18)36-24/h5-11,15-16,20,30H,12-14H2,1-4H3,(H,26,31)/t15-,16+,20-/m0/s1. The van der Waals surface area contributed by atoms with E-state index in [9.17, 15) is 23.1 Å². The van der Waals surface area contributed by atoms with Gasteiger partial charge in [-0.3, -0.25) is 9.59 Å². The summed E-state index contributed by atoms with van der Waals surface area (Å²) in [6.45, 7) is 3.65. The lowest BCUT2D eigenvalue weighted by molar-refractivity contribution is 0.0389. The molecule has 0 spiro atoms. The molecule has 0 unspecified atom stereocenters. The minimum Gasteiger partial charge on any atom is -0.486 e. The van der Waals surface area contributed by atoms with Crippen LogP contribution in [0.15, 0.2) is 42.5 Å². The van der Waals surface area contributed by atoms with Gasteiger partial charge in [-0.05, 0) is 31.2 Å². The largest absolute Gasteiger partial charge is 0.486 e. The quantitative estimate of drug-likeness (QED) is 0.466. The molecule has 0 aliphatic carbocycles. The highest BCUT2D eigenvalue weighted by Gasteiger charge is 2.35. The van der Waals surface area contributed by atoms with Gasteiger partial charge in [-0.25, -0.2) is 17.7 Å². The van der Waals surface area contributed by atoms with Crippen LogP contribution in [0.25, 0.3) is 10.2 Å². The van der Waals surface area contributed by atoms with E-state index < -0.39 is 28.1 Å². The zero-order valence-corrected chi connectivity index (χ0v) is 22.7. The summed E-state index contributed by atoms with van der Waals surface area (Å²) in [5, 5.41) is 12.9. The van der Waals surface area contributed by atoms with Crippen molar-refractivity contribution in [1.82, 2.24) is 14.2 Å². The lowest BCUT2D eigenvalue weighted by atomic mass is 9.99. The number of hydrogen-bond acceptors (Lipinski definition) is 8. The molecule has 0 radical (unpaired) electrons. The minimum absolute atomic E-state index is 0.0368. The van der Waals surface area contributed by atoms with Crippen molar-refractivity contribution in [2.24, 2.45) is 5.92 Å². The Morgan fingerprint density at radius 3 is 2.70 bits per heavy atom. The van der Waals surface area contributed by atoms with E-state index >= 15 is 0 Å². The molecule has 37 heavy (non-hydrogen) atoms. The SMILES string of the molecule is C[C@H](CO)N1C[C@H](C)[C@H](CN(C)S(C)(=O)=O)Oc2c(NC(=O)c3nc4ccccc4s3)cccc2C1=O. The molecule has 2 aromatic carbocycles. The first kappa shape index (κ1) is 27.0. The average Bonchev–Trinajstić information content (AvgIpc) is 3.30. The van der Waals surface area contributed by atoms with Gasteiger partial charge in [0.15, 0.2) is 10.8 Å². The molecule has 1 aliphatic rings. The number of carbonyl (C=O) groups excluding carboxylic acids is 2. The Labute approximate surface area is 219 Å². The highest BCUT2D eigenvalue weighted by Crippen LogP contribution is 2.35. The number of aliphatic hydroxyl groups is 1. The number of anilines is 1. The van der Waals surface area contributed by atoms with Crippen LogP contribution in [0.2, 0.25) is 0 Å². The highest BCUT2D eigenvalue weighted by molar-refractivity contribution is 7.88. The van der Waals surface area contributed by atoms with Crippen LogP contribution in [0, 0.1) is 5.92 Å². The zero-order valence-electron chi connectivity index (χ0n) is 21.0. The van der Waals surface area contributed by atoms with Crippen molar-refractivity contribution < 1.29 is 27.9 Å². The Morgan fingerprint density at radius 1 is 1.30 bits per heavy atom. The van der Waals surface area contributed by atoms with Crippen LogP contribution in [-0.2, 0) is 10.0 Å². The molecule has 4 rings (SSSR count). The van der Waals surface area contributed by atoms with Crippen LogP contribution in [0.4, 0.5) is 5.69 Å². The molecule has 0 saturated carbocycles. The molecule has 198 valence electrons. The Morgan fingerprint density at radius 2 is 2.03 bits per heavy atom.